The smallest absolute Gasteiger partial charge is 0.269 e. The third-order valence-electron chi connectivity index (χ3n) is 6.31. The van der Waals surface area contributed by atoms with E-state index in [1.54, 1.807) is 12.1 Å². The molecule has 25 heavy (non-hydrogen) atoms. The molecule has 3 unspecified atom stereocenters. The fourth-order valence-electron chi connectivity index (χ4n) is 4.53. The Morgan fingerprint density at radius 1 is 1.44 bits per heavy atom. The highest BCUT2D eigenvalue weighted by atomic mass is 16.6. The molecule has 1 aromatic rings. The third-order valence-corrected chi connectivity index (χ3v) is 6.31. The predicted molar refractivity (Wildman–Crippen MR) is 95.5 cm³/mol. The molecule has 1 saturated carbocycles. The third kappa shape index (κ3) is 3.18. The summed E-state index contributed by atoms with van der Waals surface area (Å²) in [5, 5.41) is 21.4. The van der Waals surface area contributed by atoms with E-state index in [0.717, 1.165) is 43.5 Å². The molecule has 0 radical (unpaired) electrons. The summed E-state index contributed by atoms with van der Waals surface area (Å²) in [6, 6.07) is 5.22. The first-order valence-electron chi connectivity index (χ1n) is 9.17. The lowest BCUT2D eigenvalue weighted by atomic mass is 9.58. The van der Waals surface area contributed by atoms with E-state index < -0.39 is 0 Å². The first kappa shape index (κ1) is 18.3. The molecule has 0 bridgehead atoms. The number of aryl methyl sites for hydroxylation is 1. The second-order valence-corrected chi connectivity index (χ2v) is 7.44. The highest BCUT2D eigenvalue weighted by Gasteiger charge is 2.56. The van der Waals surface area contributed by atoms with E-state index >= 15 is 0 Å². The van der Waals surface area contributed by atoms with Crippen LogP contribution >= 0.6 is 0 Å². The number of ether oxygens (including phenoxy) is 1. The molecule has 6 heteroatoms. The van der Waals surface area contributed by atoms with Gasteiger partial charge in [0.2, 0.25) is 0 Å². The molecule has 0 aromatic heterocycles. The number of hydrogen-bond donors (Lipinski definition) is 1. The van der Waals surface area contributed by atoms with Crippen molar-refractivity contribution in [2.75, 3.05) is 19.7 Å². The molecule has 1 aliphatic heterocycles. The summed E-state index contributed by atoms with van der Waals surface area (Å²) in [5.41, 5.74) is 2.14. The van der Waals surface area contributed by atoms with Gasteiger partial charge in [-0.3, -0.25) is 15.0 Å². The molecule has 1 aromatic carbocycles. The molecular weight excluding hydrogens is 320 g/mol. The highest BCUT2D eigenvalue weighted by molar-refractivity contribution is 5.40. The van der Waals surface area contributed by atoms with Gasteiger partial charge >= 0.3 is 0 Å². The van der Waals surface area contributed by atoms with E-state index in [1.165, 1.54) is 0 Å². The minimum Gasteiger partial charge on any atom is -0.392 e. The molecule has 3 rings (SSSR count). The Balaban J connectivity index is 1.71. The summed E-state index contributed by atoms with van der Waals surface area (Å²) in [6.07, 6.45) is 2.48. The number of aliphatic hydroxyl groups is 1. The molecule has 138 valence electrons. The molecule has 1 spiro atoms. The molecule has 1 aliphatic carbocycles. The number of likely N-dealkylation sites (tertiary alicyclic amines) is 1. The minimum absolute atomic E-state index is 0.0933. The van der Waals surface area contributed by atoms with Gasteiger partial charge in [0.25, 0.3) is 5.69 Å². The minimum atomic E-state index is -0.335. The van der Waals surface area contributed by atoms with Gasteiger partial charge in [-0.15, -0.1) is 0 Å². The second kappa shape index (κ2) is 7.02. The Morgan fingerprint density at radius 2 is 2.12 bits per heavy atom. The lowest BCUT2D eigenvalue weighted by molar-refractivity contribution is -0.385. The van der Waals surface area contributed by atoms with Crippen LogP contribution in [0.3, 0.4) is 0 Å². The highest BCUT2D eigenvalue weighted by Crippen LogP contribution is 2.51. The van der Waals surface area contributed by atoms with E-state index in [-0.39, 0.29) is 34.3 Å². The van der Waals surface area contributed by atoms with Gasteiger partial charge in [-0.05, 0) is 57.8 Å². The van der Waals surface area contributed by atoms with Gasteiger partial charge in [0.05, 0.1) is 17.1 Å². The van der Waals surface area contributed by atoms with Crippen LogP contribution in [0.25, 0.3) is 0 Å². The first-order valence-corrected chi connectivity index (χ1v) is 9.17. The maximum Gasteiger partial charge on any atom is 0.269 e. The van der Waals surface area contributed by atoms with Gasteiger partial charge < -0.3 is 9.84 Å². The molecule has 3 atom stereocenters. The van der Waals surface area contributed by atoms with E-state index in [9.17, 15) is 15.2 Å². The molecule has 1 N–H and O–H groups in total. The van der Waals surface area contributed by atoms with Crippen molar-refractivity contribution in [3.05, 3.63) is 39.4 Å². The van der Waals surface area contributed by atoms with Crippen LogP contribution in [0.4, 0.5) is 5.69 Å². The lowest BCUT2D eigenvalue weighted by Crippen LogP contribution is -2.62. The SMILES string of the molecule is CCOC1CC(O)C12CCN(C(C)c1cc([N+](=O)[O-])ccc1C)CC2. The summed E-state index contributed by atoms with van der Waals surface area (Å²) >= 11 is 0. The van der Waals surface area contributed by atoms with Crippen molar-refractivity contribution in [2.45, 2.75) is 58.3 Å². The largest absolute Gasteiger partial charge is 0.392 e. The summed E-state index contributed by atoms with van der Waals surface area (Å²) < 4.78 is 5.83. The number of non-ortho nitro benzene ring substituents is 1. The maximum atomic E-state index is 11.1. The fraction of sp³-hybridized carbons (Fsp3) is 0.684. The van der Waals surface area contributed by atoms with Crippen LogP contribution < -0.4 is 0 Å². The van der Waals surface area contributed by atoms with Crippen molar-refractivity contribution in [1.29, 1.82) is 0 Å². The van der Waals surface area contributed by atoms with Gasteiger partial charge in [0.1, 0.15) is 0 Å². The molecule has 2 aliphatic rings. The van der Waals surface area contributed by atoms with Crippen molar-refractivity contribution in [3.8, 4) is 0 Å². The van der Waals surface area contributed by atoms with Gasteiger partial charge in [-0.2, -0.15) is 0 Å². The number of rotatable bonds is 5. The van der Waals surface area contributed by atoms with Crippen molar-refractivity contribution in [3.63, 3.8) is 0 Å². The lowest BCUT2D eigenvalue weighted by Gasteiger charge is -2.57. The molecule has 1 heterocycles. The van der Waals surface area contributed by atoms with Gasteiger partial charge in [0, 0.05) is 36.6 Å². The molecular formula is C19H28N2O4. The number of nitro groups is 1. The van der Waals surface area contributed by atoms with E-state index in [2.05, 4.69) is 11.8 Å². The molecule has 0 amide bonds. The van der Waals surface area contributed by atoms with Crippen molar-refractivity contribution >= 4 is 5.69 Å². The molecule has 6 nitrogen and oxygen atoms in total. The van der Waals surface area contributed by atoms with E-state index in [1.807, 2.05) is 19.9 Å². The van der Waals surface area contributed by atoms with Crippen LogP contribution in [0.15, 0.2) is 18.2 Å². The first-order chi connectivity index (χ1) is 11.9. The van der Waals surface area contributed by atoms with Gasteiger partial charge in [-0.25, -0.2) is 0 Å². The van der Waals surface area contributed by atoms with Crippen LogP contribution in [0.1, 0.15) is 50.3 Å². The zero-order valence-electron chi connectivity index (χ0n) is 15.3. The molecule has 2 fully saturated rings. The number of aliphatic hydroxyl groups excluding tert-OH is 1. The number of benzene rings is 1. The summed E-state index contributed by atoms with van der Waals surface area (Å²) in [6.45, 7) is 8.56. The van der Waals surface area contributed by atoms with Crippen LogP contribution in [0.2, 0.25) is 0 Å². The summed E-state index contributed by atoms with van der Waals surface area (Å²) in [5.74, 6) is 0. The van der Waals surface area contributed by atoms with Crippen molar-refractivity contribution in [2.24, 2.45) is 5.41 Å². The van der Waals surface area contributed by atoms with Crippen LogP contribution in [0, 0.1) is 22.5 Å². The Bertz CT molecular complexity index is 638. The summed E-state index contributed by atoms with van der Waals surface area (Å²) in [4.78, 5) is 13.1. The average molecular weight is 348 g/mol. The fourth-order valence-corrected chi connectivity index (χ4v) is 4.53. The Labute approximate surface area is 148 Å². The number of nitro benzene ring substituents is 1. The Morgan fingerprint density at radius 3 is 2.68 bits per heavy atom. The summed E-state index contributed by atoms with van der Waals surface area (Å²) in [7, 11) is 0. The number of piperidine rings is 1. The zero-order chi connectivity index (χ0) is 18.2. The maximum absolute atomic E-state index is 11.1. The van der Waals surface area contributed by atoms with Crippen molar-refractivity contribution in [1.82, 2.24) is 4.90 Å². The van der Waals surface area contributed by atoms with Crippen LogP contribution in [-0.4, -0.2) is 46.8 Å². The van der Waals surface area contributed by atoms with Crippen molar-refractivity contribution < 1.29 is 14.8 Å². The van der Waals surface area contributed by atoms with Gasteiger partial charge in [-0.1, -0.05) is 6.07 Å². The Kier molecular flexibility index (Phi) is 5.14. The zero-order valence-corrected chi connectivity index (χ0v) is 15.3. The van der Waals surface area contributed by atoms with E-state index in [0.29, 0.717) is 6.61 Å². The van der Waals surface area contributed by atoms with Crippen LogP contribution in [-0.2, 0) is 4.74 Å². The second-order valence-electron chi connectivity index (χ2n) is 7.44. The number of hydrogen-bond acceptors (Lipinski definition) is 5. The quantitative estimate of drug-likeness (QED) is 0.653. The molecule has 1 saturated heterocycles. The topological polar surface area (TPSA) is 75.8 Å². The Hall–Kier alpha value is -1.50. The average Bonchev–Trinajstić information content (AvgIpc) is 2.61. The number of nitrogens with zero attached hydrogens (tertiary/aromatic N) is 2. The predicted octanol–water partition coefficient (Wildman–Crippen LogP) is 3.22. The normalized spacial score (nSPS) is 27.0. The standard InChI is InChI=1S/C19H28N2O4/c1-4-25-18-12-17(22)19(18)7-9-20(10-8-19)14(3)16-11-15(21(23)24)6-5-13(16)2/h5-6,11,14,17-18,22H,4,7-10,12H2,1-3H3. The van der Waals surface area contributed by atoms with Gasteiger partial charge in [0.15, 0.2) is 0 Å². The monoisotopic (exact) mass is 348 g/mol. The van der Waals surface area contributed by atoms with E-state index in [4.69, 9.17) is 4.74 Å². The van der Waals surface area contributed by atoms with Crippen LogP contribution in [0.5, 0.6) is 0 Å².